The molecule has 2 aromatic heterocycles. The second-order valence-electron chi connectivity index (χ2n) is 6.96. The normalized spacial score (nSPS) is 11.6. The lowest BCUT2D eigenvalue weighted by atomic mass is 9.92. The van der Waals surface area contributed by atoms with E-state index in [1.807, 2.05) is 24.4 Å². The smallest absolute Gasteiger partial charge is 0.276 e. The third-order valence-corrected chi connectivity index (χ3v) is 4.10. The van der Waals surface area contributed by atoms with E-state index in [4.69, 9.17) is 5.26 Å². The third kappa shape index (κ3) is 3.09. The van der Waals surface area contributed by atoms with E-state index < -0.39 is 0 Å². The molecule has 0 saturated carbocycles. The maximum atomic E-state index is 12.6. The van der Waals surface area contributed by atoms with Crippen LogP contribution in [0.3, 0.4) is 0 Å². The Hall–Kier alpha value is -2.87. The minimum atomic E-state index is -0.0915. The van der Waals surface area contributed by atoms with Crippen molar-refractivity contribution in [3.05, 3.63) is 69.9 Å². The van der Waals surface area contributed by atoms with Crippen LogP contribution in [0, 0.1) is 11.3 Å². The largest absolute Gasteiger partial charge is 0.312 e. The number of hydrogen-bond acceptors (Lipinski definition) is 3. The summed E-state index contributed by atoms with van der Waals surface area (Å²) in [5.41, 5.74) is 3.13. The summed E-state index contributed by atoms with van der Waals surface area (Å²) in [4.78, 5) is 12.6. The number of hydrogen-bond donors (Lipinski definition) is 0. The Bertz CT molecular complexity index is 966. The number of nitriles is 1. The van der Waals surface area contributed by atoms with Crippen LogP contribution < -0.4 is 5.56 Å². The molecule has 0 aliphatic heterocycles. The zero-order chi connectivity index (χ0) is 17.3. The van der Waals surface area contributed by atoms with E-state index in [2.05, 4.69) is 31.9 Å². The van der Waals surface area contributed by atoms with Gasteiger partial charge < -0.3 is 4.57 Å². The summed E-state index contributed by atoms with van der Waals surface area (Å²) >= 11 is 0. The highest BCUT2D eigenvalue weighted by molar-refractivity contribution is 5.46. The van der Waals surface area contributed by atoms with Gasteiger partial charge in [0.05, 0.1) is 17.3 Å². The summed E-state index contributed by atoms with van der Waals surface area (Å²) < 4.78 is 3.36. The summed E-state index contributed by atoms with van der Waals surface area (Å²) in [6, 6.07) is 11.4. The lowest BCUT2D eigenvalue weighted by molar-refractivity contribution is 0.562. The monoisotopic (exact) mass is 320 g/mol. The molecule has 0 N–H and O–H groups in total. The summed E-state index contributed by atoms with van der Waals surface area (Å²) in [5, 5.41) is 13.3. The number of aromatic nitrogens is 3. The molecule has 0 radical (unpaired) electrons. The first-order chi connectivity index (χ1) is 11.4. The molecule has 0 aliphatic carbocycles. The average Bonchev–Trinajstić information content (AvgIpc) is 3.00. The quantitative estimate of drug-likeness (QED) is 0.745. The van der Waals surface area contributed by atoms with Crippen molar-refractivity contribution >= 4 is 5.52 Å². The van der Waals surface area contributed by atoms with Gasteiger partial charge in [0.1, 0.15) is 5.52 Å². The predicted octanol–water partition coefficient (Wildman–Crippen LogP) is 2.91. The highest BCUT2D eigenvalue weighted by Crippen LogP contribution is 2.20. The van der Waals surface area contributed by atoms with Crippen LogP contribution in [-0.2, 0) is 18.4 Å². The van der Waals surface area contributed by atoms with Crippen molar-refractivity contribution in [3.63, 3.8) is 0 Å². The molecule has 0 amide bonds. The predicted molar refractivity (Wildman–Crippen MR) is 93.0 cm³/mol. The van der Waals surface area contributed by atoms with E-state index >= 15 is 0 Å². The van der Waals surface area contributed by atoms with Crippen molar-refractivity contribution in [2.75, 3.05) is 0 Å². The summed E-state index contributed by atoms with van der Waals surface area (Å²) in [7, 11) is 0. The van der Waals surface area contributed by atoms with E-state index in [9.17, 15) is 4.79 Å². The Morgan fingerprint density at radius 3 is 2.50 bits per heavy atom. The molecule has 0 atom stereocenters. The molecule has 3 aromatic rings. The van der Waals surface area contributed by atoms with E-state index in [-0.39, 0.29) is 11.0 Å². The van der Waals surface area contributed by atoms with Crippen molar-refractivity contribution in [1.29, 1.82) is 5.26 Å². The van der Waals surface area contributed by atoms with Gasteiger partial charge in [-0.05, 0) is 30.2 Å². The maximum absolute atomic E-state index is 12.6. The summed E-state index contributed by atoms with van der Waals surface area (Å²) in [6.07, 6.45) is 4.34. The van der Waals surface area contributed by atoms with Gasteiger partial charge in [-0.2, -0.15) is 10.4 Å². The Balaban J connectivity index is 1.86. The van der Waals surface area contributed by atoms with E-state index in [0.29, 0.717) is 17.6 Å². The van der Waals surface area contributed by atoms with Gasteiger partial charge in [-0.1, -0.05) is 32.9 Å². The molecular formula is C19H20N4O. The Labute approximate surface area is 140 Å². The van der Waals surface area contributed by atoms with Gasteiger partial charge >= 0.3 is 0 Å². The van der Waals surface area contributed by atoms with E-state index in [1.165, 1.54) is 0 Å². The fourth-order valence-corrected chi connectivity index (χ4v) is 2.56. The van der Waals surface area contributed by atoms with Crippen LogP contribution in [0.15, 0.2) is 47.5 Å². The van der Waals surface area contributed by atoms with E-state index in [0.717, 1.165) is 17.7 Å². The molecule has 0 aliphatic rings. The lowest BCUT2D eigenvalue weighted by Gasteiger charge is -2.13. The average molecular weight is 320 g/mol. The topological polar surface area (TPSA) is 63.1 Å². The molecule has 24 heavy (non-hydrogen) atoms. The summed E-state index contributed by atoms with van der Waals surface area (Å²) in [5.74, 6) is 0. The minimum absolute atomic E-state index is 0.0332. The van der Waals surface area contributed by atoms with Crippen molar-refractivity contribution in [1.82, 2.24) is 14.2 Å². The summed E-state index contributed by atoms with van der Waals surface area (Å²) in [6.45, 7) is 6.84. The number of benzene rings is 1. The van der Waals surface area contributed by atoms with Crippen molar-refractivity contribution < 1.29 is 0 Å². The molecule has 5 heteroatoms. The van der Waals surface area contributed by atoms with Crippen LogP contribution in [0.1, 0.15) is 37.6 Å². The molecule has 0 spiro atoms. The Morgan fingerprint density at radius 1 is 1.17 bits per heavy atom. The highest BCUT2D eigenvalue weighted by atomic mass is 16.1. The second-order valence-corrected chi connectivity index (χ2v) is 6.96. The van der Waals surface area contributed by atoms with Gasteiger partial charge in [-0.15, -0.1) is 0 Å². The highest BCUT2D eigenvalue weighted by Gasteiger charge is 2.19. The minimum Gasteiger partial charge on any atom is -0.312 e. The van der Waals surface area contributed by atoms with Crippen LogP contribution >= 0.6 is 0 Å². The zero-order valence-electron chi connectivity index (χ0n) is 14.2. The molecule has 0 saturated heterocycles. The van der Waals surface area contributed by atoms with Crippen LogP contribution in [0.5, 0.6) is 0 Å². The molecule has 1 aromatic carbocycles. The van der Waals surface area contributed by atoms with Crippen LogP contribution in [0.25, 0.3) is 5.52 Å². The first-order valence-electron chi connectivity index (χ1n) is 7.97. The fourth-order valence-electron chi connectivity index (χ4n) is 2.56. The molecule has 0 unspecified atom stereocenters. The van der Waals surface area contributed by atoms with Gasteiger partial charge in [0.15, 0.2) is 0 Å². The maximum Gasteiger partial charge on any atom is 0.276 e. The van der Waals surface area contributed by atoms with Gasteiger partial charge in [-0.25, -0.2) is 4.52 Å². The van der Waals surface area contributed by atoms with Crippen LogP contribution in [-0.4, -0.2) is 14.2 Å². The first-order valence-corrected chi connectivity index (χ1v) is 7.97. The zero-order valence-corrected chi connectivity index (χ0v) is 14.2. The van der Waals surface area contributed by atoms with Crippen molar-refractivity contribution in [2.24, 2.45) is 0 Å². The van der Waals surface area contributed by atoms with Gasteiger partial charge in [0.2, 0.25) is 0 Å². The molecule has 0 bridgehead atoms. The standard InChI is InChI=1S/C19H20N4O/c1-19(2,3)17-12-16-18(24)22(10-11-23(16)21-17)9-8-14-4-6-15(13-20)7-5-14/h4-7,10-12H,8-9H2,1-3H3. The molecule has 122 valence electrons. The first kappa shape index (κ1) is 16.0. The van der Waals surface area contributed by atoms with Gasteiger partial charge in [0.25, 0.3) is 5.56 Å². The Kier molecular flexibility index (Phi) is 3.98. The third-order valence-electron chi connectivity index (χ3n) is 4.10. The van der Waals surface area contributed by atoms with Crippen LogP contribution in [0.4, 0.5) is 0 Å². The Morgan fingerprint density at radius 2 is 1.88 bits per heavy atom. The van der Waals surface area contributed by atoms with Crippen LogP contribution in [0.2, 0.25) is 0 Å². The van der Waals surface area contributed by atoms with Gasteiger partial charge in [0, 0.05) is 24.4 Å². The number of fused-ring (bicyclic) bond motifs is 1. The molecule has 2 heterocycles. The molecular weight excluding hydrogens is 300 g/mol. The van der Waals surface area contributed by atoms with Gasteiger partial charge in [-0.3, -0.25) is 4.79 Å². The molecule has 0 fully saturated rings. The molecule has 3 rings (SSSR count). The van der Waals surface area contributed by atoms with Crippen molar-refractivity contribution in [2.45, 2.75) is 39.2 Å². The number of nitrogens with zero attached hydrogens (tertiary/aromatic N) is 4. The fraction of sp³-hybridized carbons (Fsp3) is 0.316. The number of aryl methyl sites for hydroxylation is 2. The number of rotatable bonds is 3. The second kappa shape index (κ2) is 5.97. The van der Waals surface area contributed by atoms with E-state index in [1.54, 1.807) is 27.4 Å². The molecule has 5 nitrogen and oxygen atoms in total. The SMILES string of the molecule is CC(C)(C)c1cc2c(=O)n(CCc3ccc(C#N)cc3)ccn2n1. The van der Waals surface area contributed by atoms with Crippen molar-refractivity contribution in [3.8, 4) is 6.07 Å². The lowest BCUT2D eigenvalue weighted by Crippen LogP contribution is -2.22.